The predicted octanol–water partition coefficient (Wildman–Crippen LogP) is 3.35. The van der Waals surface area contributed by atoms with E-state index in [-0.39, 0.29) is 11.8 Å². The fourth-order valence-corrected chi connectivity index (χ4v) is 3.49. The van der Waals surface area contributed by atoms with Gasteiger partial charge in [0.15, 0.2) is 0 Å². The Balaban J connectivity index is 1.50. The molecule has 2 amide bonds. The standard InChI is InChI=1S/C24H24N4O2/c1-17-4-2-3-5-22(17)27-23(29)21-14-20(15-26-16-21)18-6-8-19(9-7-18)24(30)28-12-10-25-11-13-28/h2-9,14-16,25H,10-13H2,1H3,(H,27,29). The number of hydrogen-bond acceptors (Lipinski definition) is 4. The van der Waals surface area contributed by atoms with Gasteiger partial charge >= 0.3 is 0 Å². The molecule has 0 spiro atoms. The van der Waals surface area contributed by atoms with Crippen LogP contribution in [-0.2, 0) is 0 Å². The highest BCUT2D eigenvalue weighted by molar-refractivity contribution is 6.05. The maximum absolute atomic E-state index is 12.7. The molecule has 1 aliphatic rings. The first-order chi connectivity index (χ1) is 14.6. The lowest BCUT2D eigenvalue weighted by atomic mass is 10.0. The van der Waals surface area contributed by atoms with Crippen LogP contribution < -0.4 is 10.6 Å². The van der Waals surface area contributed by atoms with Gasteiger partial charge in [0.25, 0.3) is 11.8 Å². The van der Waals surface area contributed by atoms with Gasteiger partial charge in [0.1, 0.15) is 0 Å². The van der Waals surface area contributed by atoms with Crippen LogP contribution in [0.15, 0.2) is 67.0 Å². The monoisotopic (exact) mass is 400 g/mol. The molecule has 1 aromatic heterocycles. The fraction of sp³-hybridized carbons (Fsp3) is 0.208. The van der Waals surface area contributed by atoms with Crippen molar-refractivity contribution in [1.82, 2.24) is 15.2 Å². The van der Waals surface area contributed by atoms with E-state index in [0.717, 1.165) is 48.6 Å². The summed E-state index contributed by atoms with van der Waals surface area (Å²) in [5.41, 5.74) is 4.67. The minimum atomic E-state index is -0.204. The summed E-state index contributed by atoms with van der Waals surface area (Å²) in [5, 5.41) is 6.18. The second kappa shape index (κ2) is 8.88. The third kappa shape index (κ3) is 4.39. The van der Waals surface area contributed by atoms with Gasteiger partial charge in [-0.1, -0.05) is 30.3 Å². The van der Waals surface area contributed by atoms with Crippen molar-refractivity contribution in [3.8, 4) is 11.1 Å². The number of rotatable bonds is 4. The average Bonchev–Trinajstić information content (AvgIpc) is 2.81. The van der Waals surface area contributed by atoms with E-state index in [9.17, 15) is 9.59 Å². The van der Waals surface area contributed by atoms with Crippen molar-refractivity contribution in [3.63, 3.8) is 0 Å². The van der Waals surface area contributed by atoms with E-state index < -0.39 is 0 Å². The molecule has 30 heavy (non-hydrogen) atoms. The Kier molecular flexibility index (Phi) is 5.86. The number of benzene rings is 2. The topological polar surface area (TPSA) is 74.3 Å². The van der Waals surface area contributed by atoms with Crippen molar-refractivity contribution in [1.29, 1.82) is 0 Å². The summed E-state index contributed by atoms with van der Waals surface area (Å²) in [4.78, 5) is 31.4. The molecule has 0 aliphatic carbocycles. The summed E-state index contributed by atoms with van der Waals surface area (Å²) >= 11 is 0. The van der Waals surface area contributed by atoms with Gasteiger partial charge < -0.3 is 15.5 Å². The smallest absolute Gasteiger partial charge is 0.257 e. The van der Waals surface area contributed by atoms with Crippen LogP contribution in [0.2, 0.25) is 0 Å². The van der Waals surface area contributed by atoms with Crippen molar-refractivity contribution in [2.45, 2.75) is 6.92 Å². The Morgan fingerprint density at radius 2 is 1.67 bits per heavy atom. The highest BCUT2D eigenvalue weighted by Crippen LogP contribution is 2.22. The van der Waals surface area contributed by atoms with Crippen LogP contribution in [-0.4, -0.2) is 47.9 Å². The highest BCUT2D eigenvalue weighted by atomic mass is 16.2. The Hall–Kier alpha value is -3.51. The normalized spacial score (nSPS) is 13.7. The van der Waals surface area contributed by atoms with E-state index in [1.165, 1.54) is 0 Å². The molecular formula is C24H24N4O2. The van der Waals surface area contributed by atoms with Gasteiger partial charge in [-0.2, -0.15) is 0 Å². The van der Waals surface area contributed by atoms with Crippen LogP contribution >= 0.6 is 0 Å². The van der Waals surface area contributed by atoms with Crippen molar-refractivity contribution < 1.29 is 9.59 Å². The maximum Gasteiger partial charge on any atom is 0.257 e. The van der Waals surface area contributed by atoms with E-state index >= 15 is 0 Å². The van der Waals surface area contributed by atoms with E-state index in [1.807, 2.05) is 66.4 Å². The number of nitrogens with one attached hydrogen (secondary N) is 2. The van der Waals surface area contributed by atoms with Crippen LogP contribution in [0.3, 0.4) is 0 Å². The van der Waals surface area contributed by atoms with E-state index in [4.69, 9.17) is 0 Å². The van der Waals surface area contributed by atoms with Crippen molar-refractivity contribution in [2.24, 2.45) is 0 Å². The molecule has 2 aromatic carbocycles. The Bertz CT molecular complexity index is 1060. The molecule has 0 saturated carbocycles. The third-order valence-corrected chi connectivity index (χ3v) is 5.26. The minimum absolute atomic E-state index is 0.0486. The van der Waals surface area contributed by atoms with Crippen LogP contribution in [0.4, 0.5) is 5.69 Å². The number of anilines is 1. The lowest BCUT2D eigenvalue weighted by molar-refractivity contribution is 0.0735. The van der Waals surface area contributed by atoms with Crippen LogP contribution in [0.1, 0.15) is 26.3 Å². The van der Waals surface area contributed by atoms with Gasteiger partial charge in [0.2, 0.25) is 0 Å². The summed E-state index contributed by atoms with van der Waals surface area (Å²) in [6.07, 6.45) is 3.27. The van der Waals surface area contributed by atoms with E-state index in [1.54, 1.807) is 12.4 Å². The van der Waals surface area contributed by atoms with Gasteiger partial charge in [0.05, 0.1) is 5.56 Å². The molecule has 1 fully saturated rings. The first-order valence-electron chi connectivity index (χ1n) is 10.0. The van der Waals surface area contributed by atoms with Gasteiger partial charge in [-0.15, -0.1) is 0 Å². The second-order valence-electron chi connectivity index (χ2n) is 7.35. The second-order valence-corrected chi connectivity index (χ2v) is 7.35. The molecule has 0 bridgehead atoms. The lowest BCUT2D eigenvalue weighted by Crippen LogP contribution is -2.46. The molecule has 1 saturated heterocycles. The number of nitrogens with zero attached hydrogens (tertiary/aromatic N) is 2. The SMILES string of the molecule is Cc1ccccc1NC(=O)c1cncc(-c2ccc(C(=O)N3CCNCC3)cc2)c1. The van der Waals surface area contributed by atoms with E-state index in [0.29, 0.717) is 11.1 Å². The first-order valence-corrected chi connectivity index (χ1v) is 10.0. The molecule has 2 N–H and O–H groups in total. The molecule has 2 heterocycles. The van der Waals surface area contributed by atoms with Gasteiger partial charge in [-0.25, -0.2) is 0 Å². The molecular weight excluding hydrogens is 376 g/mol. The number of amides is 2. The van der Waals surface area contributed by atoms with Gasteiger partial charge in [-0.05, 0) is 42.3 Å². The Labute approximate surface area is 175 Å². The fourth-order valence-electron chi connectivity index (χ4n) is 3.49. The molecule has 0 unspecified atom stereocenters. The zero-order valence-electron chi connectivity index (χ0n) is 16.9. The molecule has 3 aromatic rings. The largest absolute Gasteiger partial charge is 0.336 e. The minimum Gasteiger partial charge on any atom is -0.336 e. The third-order valence-electron chi connectivity index (χ3n) is 5.26. The molecule has 0 radical (unpaired) electrons. The Morgan fingerprint density at radius 1 is 0.933 bits per heavy atom. The molecule has 1 aliphatic heterocycles. The number of aryl methyl sites for hydroxylation is 1. The molecule has 6 nitrogen and oxygen atoms in total. The number of pyridine rings is 1. The first kappa shape index (κ1) is 19.8. The zero-order valence-corrected chi connectivity index (χ0v) is 16.9. The highest BCUT2D eigenvalue weighted by Gasteiger charge is 2.18. The van der Waals surface area contributed by atoms with Crippen LogP contribution in [0.5, 0.6) is 0 Å². The molecule has 6 heteroatoms. The van der Waals surface area contributed by atoms with Gasteiger partial charge in [0, 0.05) is 55.4 Å². The average molecular weight is 400 g/mol. The summed E-state index contributed by atoms with van der Waals surface area (Å²) in [6, 6.07) is 16.9. The number of hydrogen-bond donors (Lipinski definition) is 2. The molecule has 4 rings (SSSR count). The summed E-state index contributed by atoms with van der Waals surface area (Å²) < 4.78 is 0. The summed E-state index contributed by atoms with van der Waals surface area (Å²) in [6.45, 7) is 5.05. The Morgan fingerprint density at radius 3 is 2.40 bits per heavy atom. The maximum atomic E-state index is 12.7. The lowest BCUT2D eigenvalue weighted by Gasteiger charge is -2.27. The van der Waals surface area contributed by atoms with Crippen molar-refractivity contribution in [2.75, 3.05) is 31.5 Å². The van der Waals surface area contributed by atoms with E-state index in [2.05, 4.69) is 15.6 Å². The number of carbonyl (C=O) groups excluding carboxylic acids is 2. The zero-order chi connectivity index (χ0) is 20.9. The number of para-hydroxylation sites is 1. The van der Waals surface area contributed by atoms with Crippen molar-refractivity contribution in [3.05, 3.63) is 83.7 Å². The molecule has 0 atom stereocenters. The van der Waals surface area contributed by atoms with Crippen LogP contribution in [0.25, 0.3) is 11.1 Å². The number of aromatic nitrogens is 1. The quantitative estimate of drug-likeness (QED) is 0.704. The molecule has 152 valence electrons. The van der Waals surface area contributed by atoms with Crippen molar-refractivity contribution >= 4 is 17.5 Å². The predicted molar refractivity (Wildman–Crippen MR) is 118 cm³/mol. The summed E-state index contributed by atoms with van der Waals surface area (Å²) in [5.74, 6) is -0.156. The summed E-state index contributed by atoms with van der Waals surface area (Å²) in [7, 11) is 0. The number of piperazine rings is 1. The van der Waals surface area contributed by atoms with Gasteiger partial charge in [-0.3, -0.25) is 14.6 Å². The van der Waals surface area contributed by atoms with Crippen LogP contribution in [0, 0.1) is 6.92 Å². The number of carbonyl (C=O) groups is 2.